The summed E-state index contributed by atoms with van der Waals surface area (Å²) in [7, 11) is -3.52. The van der Waals surface area contributed by atoms with Gasteiger partial charge in [-0.2, -0.15) is 0 Å². The Kier molecular flexibility index (Phi) is 5.55. The summed E-state index contributed by atoms with van der Waals surface area (Å²) in [6.45, 7) is 2.17. The Morgan fingerprint density at radius 3 is 2.50 bits per heavy atom. The number of pyridine rings is 2. The lowest BCUT2D eigenvalue weighted by Crippen LogP contribution is -2.20. The van der Waals surface area contributed by atoms with Crippen molar-refractivity contribution < 1.29 is 8.42 Å². The zero-order chi connectivity index (χ0) is 18.4. The van der Waals surface area contributed by atoms with E-state index in [9.17, 15) is 8.42 Å². The molecule has 0 aliphatic rings. The summed E-state index contributed by atoms with van der Waals surface area (Å²) in [6.07, 6.45) is 6.68. The standard InChI is InChI=1S/C20H19N3O2S/c1-16-4-6-17(7-5-16)10-12-26(24,25)23-14-18-8-9-20(22-13-18)19-3-2-11-21-15-19/h2-13,15,23H,14H2,1H3/b12-10+. The highest BCUT2D eigenvalue weighted by molar-refractivity contribution is 7.92. The maximum absolute atomic E-state index is 12.1. The van der Waals surface area contributed by atoms with Gasteiger partial charge in [0.05, 0.1) is 5.69 Å². The molecule has 0 saturated heterocycles. The molecule has 26 heavy (non-hydrogen) atoms. The first-order valence-electron chi connectivity index (χ1n) is 8.12. The molecule has 132 valence electrons. The van der Waals surface area contributed by atoms with E-state index in [1.165, 1.54) is 5.41 Å². The second-order valence-corrected chi connectivity index (χ2v) is 7.52. The molecule has 0 aliphatic heterocycles. The van der Waals surface area contributed by atoms with Crippen LogP contribution in [0.25, 0.3) is 17.3 Å². The number of aromatic nitrogens is 2. The van der Waals surface area contributed by atoms with Crippen LogP contribution in [0.3, 0.4) is 0 Å². The average molecular weight is 365 g/mol. The minimum absolute atomic E-state index is 0.181. The molecule has 3 aromatic rings. The molecule has 6 heteroatoms. The maximum atomic E-state index is 12.1. The van der Waals surface area contributed by atoms with E-state index >= 15 is 0 Å². The van der Waals surface area contributed by atoms with Gasteiger partial charge in [0.1, 0.15) is 0 Å². The van der Waals surface area contributed by atoms with Crippen LogP contribution in [0.5, 0.6) is 0 Å². The number of hydrogen-bond acceptors (Lipinski definition) is 4. The molecular weight excluding hydrogens is 346 g/mol. The molecule has 0 atom stereocenters. The molecule has 1 aromatic carbocycles. The van der Waals surface area contributed by atoms with Crippen molar-refractivity contribution in [2.45, 2.75) is 13.5 Å². The Bertz CT molecular complexity index is 981. The Balaban J connectivity index is 1.61. The SMILES string of the molecule is Cc1ccc(/C=C/S(=O)(=O)NCc2ccc(-c3cccnc3)nc2)cc1. The van der Waals surface area contributed by atoms with Crippen LogP contribution in [0, 0.1) is 6.92 Å². The molecule has 3 rings (SSSR count). The lowest BCUT2D eigenvalue weighted by atomic mass is 10.1. The second-order valence-electron chi connectivity index (χ2n) is 5.87. The lowest BCUT2D eigenvalue weighted by Gasteiger charge is -2.05. The number of rotatable bonds is 6. The lowest BCUT2D eigenvalue weighted by molar-refractivity contribution is 0.590. The van der Waals surface area contributed by atoms with Gasteiger partial charge in [-0.05, 0) is 42.3 Å². The van der Waals surface area contributed by atoms with Gasteiger partial charge in [0.15, 0.2) is 0 Å². The third kappa shape index (κ3) is 5.08. The zero-order valence-electron chi connectivity index (χ0n) is 14.3. The molecule has 0 bridgehead atoms. The van der Waals surface area contributed by atoms with Gasteiger partial charge in [0.25, 0.3) is 0 Å². The van der Waals surface area contributed by atoms with Gasteiger partial charge in [-0.1, -0.05) is 35.9 Å². The van der Waals surface area contributed by atoms with Gasteiger partial charge in [-0.3, -0.25) is 9.97 Å². The summed E-state index contributed by atoms with van der Waals surface area (Å²) in [6, 6.07) is 15.1. The van der Waals surface area contributed by atoms with Crippen molar-refractivity contribution in [3.63, 3.8) is 0 Å². The topological polar surface area (TPSA) is 72.0 Å². The minimum Gasteiger partial charge on any atom is -0.264 e. The quantitative estimate of drug-likeness (QED) is 0.725. The second kappa shape index (κ2) is 8.03. The highest BCUT2D eigenvalue weighted by Gasteiger charge is 2.06. The summed E-state index contributed by atoms with van der Waals surface area (Å²) in [5.74, 6) is 0. The van der Waals surface area contributed by atoms with Crippen LogP contribution in [-0.2, 0) is 16.6 Å². The highest BCUT2D eigenvalue weighted by atomic mass is 32.2. The van der Waals surface area contributed by atoms with Gasteiger partial charge in [0, 0.05) is 36.1 Å². The molecule has 5 nitrogen and oxygen atoms in total. The molecule has 0 fully saturated rings. The predicted molar refractivity (Wildman–Crippen MR) is 103 cm³/mol. The van der Waals surface area contributed by atoms with Crippen LogP contribution in [-0.4, -0.2) is 18.4 Å². The predicted octanol–water partition coefficient (Wildman–Crippen LogP) is 3.54. The fourth-order valence-corrected chi connectivity index (χ4v) is 3.09. The van der Waals surface area contributed by atoms with E-state index in [0.29, 0.717) is 0 Å². The van der Waals surface area contributed by atoms with Crippen molar-refractivity contribution in [1.29, 1.82) is 0 Å². The molecule has 0 saturated carbocycles. The van der Waals surface area contributed by atoms with E-state index < -0.39 is 10.0 Å². The van der Waals surface area contributed by atoms with Crippen molar-refractivity contribution in [2.24, 2.45) is 0 Å². The van der Waals surface area contributed by atoms with Crippen LogP contribution in [0.1, 0.15) is 16.7 Å². The molecule has 0 radical (unpaired) electrons. The molecule has 2 heterocycles. The third-order valence-corrected chi connectivity index (χ3v) is 4.82. The van der Waals surface area contributed by atoms with Crippen LogP contribution < -0.4 is 4.72 Å². The Hall–Kier alpha value is -2.83. The van der Waals surface area contributed by atoms with Gasteiger partial charge >= 0.3 is 0 Å². The number of benzene rings is 1. The van der Waals surface area contributed by atoms with Crippen molar-refractivity contribution in [1.82, 2.24) is 14.7 Å². The molecule has 0 amide bonds. The molecular formula is C20H19N3O2S. The fourth-order valence-electron chi connectivity index (χ4n) is 2.29. The number of hydrogen-bond donors (Lipinski definition) is 1. The Morgan fingerprint density at radius 1 is 1.04 bits per heavy atom. The summed E-state index contributed by atoms with van der Waals surface area (Å²) >= 11 is 0. The summed E-state index contributed by atoms with van der Waals surface area (Å²) in [5.41, 5.74) is 4.46. The smallest absolute Gasteiger partial charge is 0.234 e. The number of sulfonamides is 1. The van der Waals surface area contributed by atoms with Gasteiger partial charge in [-0.25, -0.2) is 13.1 Å². The van der Waals surface area contributed by atoms with E-state index in [-0.39, 0.29) is 6.54 Å². The molecule has 0 unspecified atom stereocenters. The maximum Gasteiger partial charge on any atom is 0.234 e. The molecule has 1 N–H and O–H groups in total. The first-order valence-corrected chi connectivity index (χ1v) is 9.66. The van der Waals surface area contributed by atoms with E-state index in [2.05, 4.69) is 14.7 Å². The van der Waals surface area contributed by atoms with E-state index in [0.717, 1.165) is 27.9 Å². The van der Waals surface area contributed by atoms with Crippen LogP contribution in [0.2, 0.25) is 0 Å². The van der Waals surface area contributed by atoms with E-state index in [1.807, 2.05) is 55.5 Å². The largest absolute Gasteiger partial charge is 0.264 e. The minimum atomic E-state index is -3.52. The summed E-state index contributed by atoms with van der Waals surface area (Å²) in [5, 5.41) is 1.18. The van der Waals surface area contributed by atoms with Crippen LogP contribution in [0.4, 0.5) is 0 Å². The molecule has 0 spiro atoms. The number of nitrogens with zero attached hydrogens (tertiary/aromatic N) is 2. The summed E-state index contributed by atoms with van der Waals surface area (Å²) in [4.78, 5) is 8.42. The van der Waals surface area contributed by atoms with Gasteiger partial charge in [-0.15, -0.1) is 0 Å². The molecule has 0 aliphatic carbocycles. The van der Waals surface area contributed by atoms with E-state index in [4.69, 9.17) is 0 Å². The van der Waals surface area contributed by atoms with Crippen molar-refractivity contribution >= 4 is 16.1 Å². The van der Waals surface area contributed by atoms with E-state index in [1.54, 1.807) is 24.7 Å². The first kappa shape index (κ1) is 18.0. The van der Waals surface area contributed by atoms with Gasteiger partial charge in [0.2, 0.25) is 10.0 Å². The number of aryl methyl sites for hydroxylation is 1. The Labute approximate surface area is 153 Å². The third-order valence-electron chi connectivity index (χ3n) is 3.78. The van der Waals surface area contributed by atoms with Crippen LogP contribution in [0.15, 0.2) is 72.5 Å². The van der Waals surface area contributed by atoms with Crippen LogP contribution >= 0.6 is 0 Å². The molecule has 2 aromatic heterocycles. The fraction of sp³-hybridized carbons (Fsp3) is 0.100. The van der Waals surface area contributed by atoms with Gasteiger partial charge < -0.3 is 0 Å². The average Bonchev–Trinajstić information content (AvgIpc) is 2.67. The van der Waals surface area contributed by atoms with Crippen molar-refractivity contribution in [2.75, 3.05) is 0 Å². The first-order chi connectivity index (χ1) is 12.5. The Morgan fingerprint density at radius 2 is 1.85 bits per heavy atom. The normalized spacial score (nSPS) is 11.7. The van der Waals surface area contributed by atoms with Crippen molar-refractivity contribution in [3.05, 3.63) is 89.2 Å². The summed E-state index contributed by atoms with van der Waals surface area (Å²) < 4.78 is 26.8. The number of nitrogens with one attached hydrogen (secondary N) is 1. The zero-order valence-corrected chi connectivity index (χ0v) is 15.1. The monoisotopic (exact) mass is 365 g/mol. The highest BCUT2D eigenvalue weighted by Crippen LogP contribution is 2.15. The van der Waals surface area contributed by atoms with Crippen molar-refractivity contribution in [3.8, 4) is 11.3 Å².